The molecule has 2 aliphatic heterocycles. The molecule has 0 aromatic heterocycles. The first-order valence-corrected chi connectivity index (χ1v) is 12.4. The maximum atomic E-state index is 14.1. The largest absolute Gasteiger partial charge is 0.497 e. The van der Waals surface area contributed by atoms with Crippen LogP contribution in [0.5, 0.6) is 5.75 Å². The Bertz CT molecular complexity index is 1370. The van der Waals surface area contributed by atoms with E-state index in [4.69, 9.17) is 16.3 Å². The zero-order chi connectivity index (χ0) is 25.7. The van der Waals surface area contributed by atoms with Crippen molar-refractivity contribution >= 4 is 40.9 Å². The number of alkyl halides is 3. The van der Waals surface area contributed by atoms with Crippen molar-refractivity contribution in [3.63, 3.8) is 0 Å². The Balaban J connectivity index is 1.59. The Labute approximate surface area is 214 Å². The maximum Gasteiger partial charge on any atom is 0.416 e. The van der Waals surface area contributed by atoms with Gasteiger partial charge in [0.05, 0.1) is 24.9 Å². The number of carbonyl (C=O) groups is 2. The summed E-state index contributed by atoms with van der Waals surface area (Å²) in [5.74, 6) is 0.266. The number of thioether (sulfide) groups is 1. The molecule has 2 amide bonds. The number of hydrogen-bond donors (Lipinski definition) is 0. The lowest BCUT2D eigenvalue weighted by Gasteiger charge is -2.33. The Hall–Kier alpha value is -3.17. The van der Waals surface area contributed by atoms with Crippen LogP contribution < -0.4 is 9.64 Å². The maximum absolute atomic E-state index is 14.1. The molecule has 0 unspecified atom stereocenters. The van der Waals surface area contributed by atoms with E-state index in [0.29, 0.717) is 45.4 Å². The summed E-state index contributed by atoms with van der Waals surface area (Å²) in [6.45, 7) is 0.236. The lowest BCUT2D eigenvalue weighted by atomic mass is 10.0. The molecule has 36 heavy (non-hydrogen) atoms. The number of ether oxygens (including phenoxy) is 1. The number of hydrogen-bond acceptors (Lipinski definition) is 4. The summed E-state index contributed by atoms with van der Waals surface area (Å²) in [4.78, 5) is 29.3. The Morgan fingerprint density at radius 1 is 1.11 bits per heavy atom. The molecule has 0 aliphatic carbocycles. The fourth-order valence-electron chi connectivity index (χ4n) is 4.68. The summed E-state index contributed by atoms with van der Waals surface area (Å²) in [5, 5.41) is 0.396. The van der Waals surface area contributed by atoms with Crippen molar-refractivity contribution in [1.82, 2.24) is 4.90 Å². The highest BCUT2D eigenvalue weighted by molar-refractivity contribution is 8.01. The van der Waals surface area contributed by atoms with Crippen LogP contribution in [0.25, 0.3) is 0 Å². The van der Waals surface area contributed by atoms with Crippen LogP contribution >= 0.6 is 23.4 Å². The average molecular weight is 533 g/mol. The fraction of sp³-hybridized carbons (Fsp3) is 0.231. The molecule has 10 heteroatoms. The van der Waals surface area contributed by atoms with Crippen molar-refractivity contribution < 1.29 is 27.5 Å². The third kappa shape index (κ3) is 4.00. The molecule has 0 radical (unpaired) electrons. The molecular formula is C26H20ClF3N2O3S. The highest BCUT2D eigenvalue weighted by atomic mass is 35.5. The van der Waals surface area contributed by atoms with Crippen molar-refractivity contribution in [2.45, 2.75) is 17.6 Å². The molecule has 0 N–H and O–H groups in total. The zero-order valence-corrected chi connectivity index (χ0v) is 20.6. The van der Waals surface area contributed by atoms with Crippen LogP contribution in [0, 0.1) is 0 Å². The molecule has 0 saturated carbocycles. The summed E-state index contributed by atoms with van der Waals surface area (Å²) in [5.41, 5.74) is 0.975. The Kier molecular flexibility index (Phi) is 6.16. The van der Waals surface area contributed by atoms with Gasteiger partial charge in [-0.1, -0.05) is 29.8 Å². The number of benzene rings is 3. The number of rotatable bonds is 4. The third-order valence-corrected chi connectivity index (χ3v) is 7.97. The molecule has 5 nitrogen and oxygen atoms in total. The minimum absolute atomic E-state index is 0.0798. The lowest BCUT2D eigenvalue weighted by Crippen LogP contribution is -2.50. The summed E-state index contributed by atoms with van der Waals surface area (Å²) in [6, 6.07) is 16.5. The van der Waals surface area contributed by atoms with Crippen LogP contribution in [0.15, 0.2) is 66.7 Å². The molecule has 3 aromatic carbocycles. The van der Waals surface area contributed by atoms with E-state index in [2.05, 4.69) is 0 Å². The van der Waals surface area contributed by atoms with Crippen molar-refractivity contribution in [3.8, 4) is 5.75 Å². The van der Waals surface area contributed by atoms with Gasteiger partial charge < -0.3 is 14.5 Å². The number of methoxy groups -OCH3 is 1. The van der Waals surface area contributed by atoms with E-state index in [1.165, 1.54) is 34.7 Å². The van der Waals surface area contributed by atoms with Gasteiger partial charge in [-0.15, -0.1) is 11.8 Å². The molecule has 1 spiro atoms. The van der Waals surface area contributed by atoms with Gasteiger partial charge in [0.15, 0.2) is 4.87 Å². The number of nitrogens with zero attached hydrogens (tertiary/aromatic N) is 2. The fourth-order valence-corrected chi connectivity index (χ4v) is 6.33. The highest BCUT2D eigenvalue weighted by Crippen LogP contribution is 2.55. The second-order valence-corrected chi connectivity index (χ2v) is 10.2. The Morgan fingerprint density at radius 3 is 2.61 bits per heavy atom. The molecule has 1 atom stereocenters. The monoisotopic (exact) mass is 532 g/mol. The predicted molar refractivity (Wildman–Crippen MR) is 132 cm³/mol. The van der Waals surface area contributed by atoms with Crippen molar-refractivity contribution in [3.05, 3.63) is 94.0 Å². The molecular weight excluding hydrogens is 513 g/mol. The summed E-state index contributed by atoms with van der Waals surface area (Å²) in [6.07, 6.45) is -4.50. The lowest BCUT2D eigenvalue weighted by molar-refractivity contribution is -0.137. The molecule has 1 fully saturated rings. The predicted octanol–water partition coefficient (Wildman–Crippen LogP) is 5.96. The highest BCUT2D eigenvalue weighted by Gasteiger charge is 2.59. The van der Waals surface area contributed by atoms with Gasteiger partial charge in [0.25, 0.3) is 11.8 Å². The van der Waals surface area contributed by atoms with Crippen LogP contribution in [0.2, 0.25) is 5.02 Å². The second kappa shape index (κ2) is 9.05. The molecule has 3 aromatic rings. The minimum Gasteiger partial charge on any atom is -0.497 e. The van der Waals surface area contributed by atoms with E-state index in [-0.39, 0.29) is 18.4 Å². The van der Waals surface area contributed by atoms with Crippen LogP contribution in [0.3, 0.4) is 0 Å². The van der Waals surface area contributed by atoms with Gasteiger partial charge >= 0.3 is 6.18 Å². The van der Waals surface area contributed by atoms with E-state index >= 15 is 0 Å². The van der Waals surface area contributed by atoms with Crippen molar-refractivity contribution in [2.24, 2.45) is 0 Å². The smallest absolute Gasteiger partial charge is 0.416 e. The van der Waals surface area contributed by atoms with E-state index in [1.54, 1.807) is 48.5 Å². The molecule has 2 aliphatic rings. The van der Waals surface area contributed by atoms with E-state index in [9.17, 15) is 22.8 Å². The van der Waals surface area contributed by atoms with Gasteiger partial charge in [0.1, 0.15) is 5.75 Å². The van der Waals surface area contributed by atoms with Crippen molar-refractivity contribution in [1.29, 1.82) is 0 Å². The van der Waals surface area contributed by atoms with Crippen molar-refractivity contribution in [2.75, 3.05) is 24.3 Å². The first-order chi connectivity index (χ1) is 17.1. The van der Waals surface area contributed by atoms with E-state index < -0.39 is 16.6 Å². The van der Waals surface area contributed by atoms with Gasteiger partial charge in [-0.25, -0.2) is 0 Å². The van der Waals surface area contributed by atoms with Crippen LogP contribution in [0.4, 0.5) is 18.9 Å². The number of carbonyl (C=O) groups excluding carboxylic acids is 2. The molecule has 5 rings (SSSR count). The van der Waals surface area contributed by atoms with E-state index in [1.807, 2.05) is 0 Å². The first-order valence-electron chi connectivity index (χ1n) is 11.0. The number of fused-ring (bicyclic) bond motifs is 2. The van der Waals surface area contributed by atoms with Crippen LogP contribution in [0.1, 0.15) is 27.0 Å². The molecule has 2 heterocycles. The van der Waals surface area contributed by atoms with E-state index in [0.717, 1.165) is 12.1 Å². The molecule has 0 bridgehead atoms. The first kappa shape index (κ1) is 24.5. The normalized spacial score (nSPS) is 19.2. The summed E-state index contributed by atoms with van der Waals surface area (Å²) in [7, 11) is 1.50. The van der Waals surface area contributed by atoms with Crippen LogP contribution in [-0.4, -0.2) is 36.1 Å². The van der Waals surface area contributed by atoms with Gasteiger partial charge in [-0.2, -0.15) is 13.2 Å². The topological polar surface area (TPSA) is 49.9 Å². The minimum atomic E-state index is -4.50. The summed E-state index contributed by atoms with van der Waals surface area (Å²) < 4.78 is 45.3. The van der Waals surface area contributed by atoms with Gasteiger partial charge in [-0.3, -0.25) is 9.59 Å². The second-order valence-electron chi connectivity index (χ2n) is 8.43. The zero-order valence-electron chi connectivity index (χ0n) is 19.0. The number of halogens is 4. The third-order valence-electron chi connectivity index (χ3n) is 6.31. The summed E-state index contributed by atoms with van der Waals surface area (Å²) >= 11 is 7.43. The molecule has 186 valence electrons. The van der Waals surface area contributed by atoms with Crippen LogP contribution in [-0.2, 0) is 22.4 Å². The number of anilines is 1. The standard InChI is InChI=1S/C26H20ClF3N2O3S/c1-35-20-8-9-22-21(14-20)25(32(10-11-36-25)23(33)17-5-3-7-19(27)13-17)24(34)31(22)15-16-4-2-6-18(12-16)26(28,29)30/h2-9,12-14H,10-11,15H2,1H3/t25-/m0/s1. The van der Waals surface area contributed by atoms with Gasteiger partial charge in [0, 0.05) is 28.4 Å². The quantitative estimate of drug-likeness (QED) is 0.416. The Morgan fingerprint density at radius 2 is 1.89 bits per heavy atom. The molecule has 1 saturated heterocycles. The number of amides is 2. The average Bonchev–Trinajstić information content (AvgIpc) is 3.40. The van der Waals surface area contributed by atoms with Gasteiger partial charge in [0.2, 0.25) is 0 Å². The van der Waals surface area contributed by atoms with Gasteiger partial charge in [-0.05, 0) is 54.1 Å². The SMILES string of the molecule is COc1ccc2c(c1)[C@]1(SCCN1C(=O)c1cccc(Cl)c1)C(=O)N2Cc1cccc(C(F)(F)F)c1.